The molecule has 0 saturated heterocycles. The molecule has 3 N–H and O–H groups in total. The maximum Gasteiger partial charge on any atom is 0.115 e. The Bertz CT molecular complexity index is 629. The summed E-state index contributed by atoms with van der Waals surface area (Å²) >= 11 is 0. The van der Waals surface area contributed by atoms with Crippen molar-refractivity contribution in [2.75, 3.05) is 0 Å². The number of benzene rings is 2. The molecule has 0 aliphatic heterocycles. The molecule has 4 nitrogen and oxygen atoms in total. The van der Waals surface area contributed by atoms with Gasteiger partial charge >= 0.3 is 0 Å². The van der Waals surface area contributed by atoms with Crippen molar-refractivity contribution in [2.24, 2.45) is 5.10 Å². The second kappa shape index (κ2) is 5.93. The molecule has 0 heterocycles. The second-order valence-corrected chi connectivity index (χ2v) is 4.38. The van der Waals surface area contributed by atoms with Gasteiger partial charge in [-0.3, -0.25) is 5.43 Å². The summed E-state index contributed by atoms with van der Waals surface area (Å²) in [5.41, 5.74) is 6.07. The fourth-order valence-electron chi connectivity index (χ4n) is 1.65. The fourth-order valence-corrected chi connectivity index (χ4v) is 1.65. The Balaban J connectivity index is 2.06. The summed E-state index contributed by atoms with van der Waals surface area (Å²) in [7, 11) is 0. The Morgan fingerprint density at radius 3 is 1.85 bits per heavy atom. The van der Waals surface area contributed by atoms with Gasteiger partial charge in [-0.05, 0) is 66.6 Å². The predicted octanol–water partition coefficient (Wildman–Crippen LogP) is 3.08. The first kappa shape index (κ1) is 13.7. The third-order valence-corrected chi connectivity index (χ3v) is 2.86. The molecule has 0 fully saturated rings. The van der Waals surface area contributed by atoms with Crippen LogP contribution in [0, 0.1) is 0 Å². The van der Waals surface area contributed by atoms with Crippen molar-refractivity contribution >= 4 is 11.4 Å². The van der Waals surface area contributed by atoms with E-state index in [1.165, 1.54) is 0 Å². The van der Waals surface area contributed by atoms with Gasteiger partial charge in [0, 0.05) is 0 Å². The third kappa shape index (κ3) is 3.38. The molecule has 2 rings (SSSR count). The summed E-state index contributed by atoms with van der Waals surface area (Å²) in [4.78, 5) is 0. The van der Waals surface area contributed by atoms with E-state index in [4.69, 9.17) is 0 Å². The topological polar surface area (TPSA) is 64.9 Å². The van der Waals surface area contributed by atoms with Gasteiger partial charge in [-0.1, -0.05) is 6.58 Å². The van der Waals surface area contributed by atoms with Crippen molar-refractivity contribution in [2.45, 2.75) is 6.92 Å². The van der Waals surface area contributed by atoms with E-state index in [-0.39, 0.29) is 11.5 Å². The number of nitrogens with one attached hydrogen (secondary N) is 1. The van der Waals surface area contributed by atoms with Crippen LogP contribution in [-0.2, 0) is 0 Å². The van der Waals surface area contributed by atoms with Gasteiger partial charge < -0.3 is 10.2 Å². The normalized spacial score (nSPS) is 11.2. The highest BCUT2D eigenvalue weighted by molar-refractivity contribution is 5.98. The number of hydrogen-bond acceptors (Lipinski definition) is 4. The molecule has 20 heavy (non-hydrogen) atoms. The smallest absolute Gasteiger partial charge is 0.115 e. The van der Waals surface area contributed by atoms with Gasteiger partial charge in [0.2, 0.25) is 0 Å². The van der Waals surface area contributed by atoms with Gasteiger partial charge in [0.15, 0.2) is 0 Å². The zero-order valence-electron chi connectivity index (χ0n) is 11.2. The highest BCUT2D eigenvalue weighted by atomic mass is 16.3. The SMILES string of the molecule is C=C(N/N=C(\C)c1ccc(O)cc1)c1ccc(O)cc1. The van der Waals surface area contributed by atoms with Gasteiger partial charge in [-0.25, -0.2) is 0 Å². The van der Waals surface area contributed by atoms with Crippen molar-refractivity contribution in [1.82, 2.24) is 5.43 Å². The standard InChI is InChI=1S/C16H16N2O2/c1-11(13-3-7-15(19)8-4-13)17-18-12(2)14-5-9-16(20)10-6-14/h3-10,17,19-20H,1H2,2H3/b18-12+. The quantitative estimate of drug-likeness (QED) is 0.589. The number of phenols is 2. The maximum absolute atomic E-state index is 9.24. The van der Waals surface area contributed by atoms with Crippen LogP contribution in [0.3, 0.4) is 0 Å². The van der Waals surface area contributed by atoms with E-state index in [0.717, 1.165) is 16.8 Å². The van der Waals surface area contributed by atoms with Crippen molar-refractivity contribution < 1.29 is 10.2 Å². The van der Waals surface area contributed by atoms with Crippen LogP contribution in [0.4, 0.5) is 0 Å². The first-order valence-corrected chi connectivity index (χ1v) is 6.14. The van der Waals surface area contributed by atoms with Crippen LogP contribution in [0.5, 0.6) is 11.5 Å². The van der Waals surface area contributed by atoms with Crippen LogP contribution in [0.25, 0.3) is 5.70 Å². The van der Waals surface area contributed by atoms with E-state index in [1.54, 1.807) is 48.5 Å². The van der Waals surface area contributed by atoms with Crippen molar-refractivity contribution in [1.29, 1.82) is 0 Å². The lowest BCUT2D eigenvalue weighted by Crippen LogP contribution is -2.07. The molecule has 0 unspecified atom stereocenters. The summed E-state index contributed by atoms with van der Waals surface area (Å²) in [5, 5.41) is 22.7. The molecule has 0 spiro atoms. The lowest BCUT2D eigenvalue weighted by molar-refractivity contribution is 0.474. The first-order chi connectivity index (χ1) is 9.56. The van der Waals surface area contributed by atoms with Crippen LogP contribution in [-0.4, -0.2) is 15.9 Å². The number of aromatic hydroxyl groups is 2. The average molecular weight is 268 g/mol. The molecule has 2 aromatic carbocycles. The van der Waals surface area contributed by atoms with Gasteiger partial charge in [-0.2, -0.15) is 5.10 Å². The highest BCUT2D eigenvalue weighted by Gasteiger charge is 2.00. The summed E-state index contributed by atoms with van der Waals surface area (Å²) in [6, 6.07) is 13.5. The molecule has 0 aliphatic rings. The molecule has 0 amide bonds. The summed E-state index contributed by atoms with van der Waals surface area (Å²) in [5.74, 6) is 0.438. The predicted molar refractivity (Wildman–Crippen MR) is 80.6 cm³/mol. The number of rotatable bonds is 4. The van der Waals surface area contributed by atoms with Crippen LogP contribution < -0.4 is 5.43 Å². The molecule has 0 saturated carbocycles. The summed E-state index contributed by atoms with van der Waals surface area (Å²) in [6.45, 7) is 5.76. The molecule has 2 aromatic rings. The van der Waals surface area contributed by atoms with Crippen molar-refractivity contribution in [3.8, 4) is 11.5 Å². The molecule has 0 aromatic heterocycles. The monoisotopic (exact) mass is 268 g/mol. The van der Waals surface area contributed by atoms with Crippen LogP contribution in [0.1, 0.15) is 18.1 Å². The van der Waals surface area contributed by atoms with Gasteiger partial charge in [0.25, 0.3) is 0 Å². The minimum Gasteiger partial charge on any atom is -0.508 e. The van der Waals surface area contributed by atoms with E-state index >= 15 is 0 Å². The Kier molecular flexibility index (Phi) is 4.05. The minimum atomic E-state index is 0.213. The van der Waals surface area contributed by atoms with Gasteiger partial charge in [0.1, 0.15) is 11.5 Å². The lowest BCUT2D eigenvalue weighted by Gasteiger charge is -2.07. The summed E-state index contributed by atoms with van der Waals surface area (Å²) in [6.07, 6.45) is 0. The number of phenolic OH excluding ortho intramolecular Hbond substituents is 2. The van der Waals surface area contributed by atoms with E-state index in [1.807, 2.05) is 6.92 Å². The Morgan fingerprint density at radius 1 is 0.900 bits per heavy atom. The van der Waals surface area contributed by atoms with Gasteiger partial charge in [-0.15, -0.1) is 0 Å². The van der Waals surface area contributed by atoms with E-state index in [2.05, 4.69) is 17.1 Å². The average Bonchev–Trinajstić information content (AvgIpc) is 2.46. The lowest BCUT2D eigenvalue weighted by atomic mass is 10.1. The zero-order chi connectivity index (χ0) is 14.5. The number of hydrazone groups is 1. The fraction of sp³-hybridized carbons (Fsp3) is 0.0625. The van der Waals surface area contributed by atoms with Crippen LogP contribution >= 0.6 is 0 Å². The maximum atomic E-state index is 9.24. The number of nitrogens with zero attached hydrogens (tertiary/aromatic N) is 1. The molecule has 0 atom stereocenters. The third-order valence-electron chi connectivity index (χ3n) is 2.86. The van der Waals surface area contributed by atoms with Crippen LogP contribution in [0.2, 0.25) is 0 Å². The molecular formula is C16H16N2O2. The van der Waals surface area contributed by atoms with Gasteiger partial charge in [0.05, 0.1) is 11.4 Å². The molecule has 102 valence electrons. The Labute approximate surface area is 117 Å². The largest absolute Gasteiger partial charge is 0.508 e. The summed E-state index contributed by atoms with van der Waals surface area (Å²) < 4.78 is 0. The number of hydrogen-bond donors (Lipinski definition) is 3. The van der Waals surface area contributed by atoms with E-state index in [0.29, 0.717) is 5.70 Å². The Hall–Kier alpha value is -2.75. The molecule has 0 radical (unpaired) electrons. The van der Waals surface area contributed by atoms with Crippen molar-refractivity contribution in [3.63, 3.8) is 0 Å². The molecular weight excluding hydrogens is 252 g/mol. The molecule has 4 heteroatoms. The van der Waals surface area contributed by atoms with E-state index in [9.17, 15) is 10.2 Å². The van der Waals surface area contributed by atoms with Crippen molar-refractivity contribution in [3.05, 3.63) is 66.2 Å². The van der Waals surface area contributed by atoms with E-state index < -0.39 is 0 Å². The Morgan fingerprint density at radius 2 is 1.35 bits per heavy atom. The second-order valence-electron chi connectivity index (χ2n) is 4.38. The highest BCUT2D eigenvalue weighted by Crippen LogP contribution is 2.15. The molecule has 0 aliphatic carbocycles. The minimum absolute atomic E-state index is 0.213. The first-order valence-electron chi connectivity index (χ1n) is 6.14. The molecule has 0 bridgehead atoms. The zero-order valence-corrected chi connectivity index (χ0v) is 11.2. The van der Waals surface area contributed by atoms with Crippen LogP contribution in [0.15, 0.2) is 60.2 Å².